The van der Waals surface area contributed by atoms with Gasteiger partial charge < -0.3 is 10.1 Å². The third-order valence-corrected chi connectivity index (χ3v) is 5.67. The zero-order valence-electron chi connectivity index (χ0n) is 16.9. The lowest BCUT2D eigenvalue weighted by molar-refractivity contribution is -0.120. The minimum Gasteiger partial charge on any atom is -0.495 e. The Labute approximate surface area is 175 Å². The summed E-state index contributed by atoms with van der Waals surface area (Å²) in [5, 5.41) is 11.7. The molecule has 7 heteroatoms. The van der Waals surface area contributed by atoms with Crippen LogP contribution in [-0.4, -0.2) is 39.1 Å². The van der Waals surface area contributed by atoms with Gasteiger partial charge in [-0.3, -0.25) is 9.36 Å². The maximum atomic E-state index is 12.6. The maximum absolute atomic E-state index is 12.6. The number of aryl methyl sites for hydroxylation is 1. The quantitative estimate of drug-likeness (QED) is 0.542. The lowest BCUT2D eigenvalue weighted by Gasteiger charge is -2.17. The summed E-state index contributed by atoms with van der Waals surface area (Å²) >= 11 is 1.38. The first kappa shape index (κ1) is 20.9. The van der Waals surface area contributed by atoms with Crippen LogP contribution in [0.15, 0.2) is 66.1 Å². The highest BCUT2D eigenvalue weighted by Gasteiger charge is 2.20. The van der Waals surface area contributed by atoms with Crippen LogP contribution in [-0.2, 0) is 11.2 Å². The van der Waals surface area contributed by atoms with Crippen LogP contribution in [0.1, 0.15) is 25.8 Å². The molecule has 0 saturated carbocycles. The second-order valence-corrected chi connectivity index (χ2v) is 8.16. The number of nitrogens with one attached hydrogen (secondary N) is 1. The fraction of sp³-hybridized carbons (Fsp3) is 0.318. The second kappa shape index (κ2) is 10.1. The van der Waals surface area contributed by atoms with Crippen molar-refractivity contribution in [3.8, 4) is 11.4 Å². The summed E-state index contributed by atoms with van der Waals surface area (Å²) < 4.78 is 7.27. The highest BCUT2D eigenvalue weighted by atomic mass is 32.2. The van der Waals surface area contributed by atoms with Crippen molar-refractivity contribution in [2.45, 2.75) is 43.1 Å². The number of carbonyl (C=O) groups is 1. The summed E-state index contributed by atoms with van der Waals surface area (Å²) in [4.78, 5) is 12.6. The number of nitrogens with zero attached hydrogens (tertiary/aromatic N) is 3. The number of thioether (sulfide) groups is 1. The molecule has 0 aliphatic heterocycles. The van der Waals surface area contributed by atoms with E-state index in [1.807, 2.05) is 60.9 Å². The molecule has 6 nitrogen and oxygen atoms in total. The Morgan fingerprint density at radius 1 is 1.14 bits per heavy atom. The molecule has 2 aromatic carbocycles. The van der Waals surface area contributed by atoms with E-state index in [0.717, 1.165) is 24.3 Å². The van der Waals surface area contributed by atoms with Crippen LogP contribution in [0.2, 0.25) is 0 Å². The predicted octanol–water partition coefficient (Wildman–Crippen LogP) is 3.89. The SMILES string of the molecule is COc1ccccc1-n1cnnc1SC(C)C(=O)NC(C)CCc1ccccc1. The van der Waals surface area contributed by atoms with Crippen LogP contribution in [0.4, 0.5) is 0 Å². The first-order valence-corrected chi connectivity index (χ1v) is 10.5. The van der Waals surface area contributed by atoms with E-state index in [4.69, 9.17) is 4.74 Å². The summed E-state index contributed by atoms with van der Waals surface area (Å²) in [6, 6.07) is 18.1. The zero-order chi connectivity index (χ0) is 20.6. The van der Waals surface area contributed by atoms with Gasteiger partial charge in [0.2, 0.25) is 5.91 Å². The summed E-state index contributed by atoms with van der Waals surface area (Å²) in [6.45, 7) is 3.92. The van der Waals surface area contributed by atoms with Gasteiger partial charge in [0, 0.05) is 6.04 Å². The molecule has 0 saturated heterocycles. The summed E-state index contributed by atoms with van der Waals surface area (Å²) in [5.74, 6) is 0.714. The third kappa shape index (κ3) is 5.60. The molecular weight excluding hydrogens is 384 g/mol. The van der Waals surface area contributed by atoms with Crippen LogP contribution in [0.25, 0.3) is 5.69 Å². The van der Waals surface area contributed by atoms with Gasteiger partial charge in [-0.2, -0.15) is 0 Å². The number of hydrogen-bond donors (Lipinski definition) is 1. The Balaban J connectivity index is 1.58. The van der Waals surface area contributed by atoms with Gasteiger partial charge in [0.15, 0.2) is 5.16 Å². The number of amides is 1. The van der Waals surface area contributed by atoms with Crippen LogP contribution in [0, 0.1) is 0 Å². The van der Waals surface area contributed by atoms with Crippen LogP contribution in [0.5, 0.6) is 5.75 Å². The standard InChI is InChI=1S/C22H26N4O2S/c1-16(13-14-18-9-5-4-6-10-18)24-21(27)17(2)29-22-25-23-15-26(22)19-11-7-8-12-20(19)28-3/h4-12,15-17H,13-14H2,1-3H3,(H,24,27). The van der Waals surface area contributed by atoms with Crippen LogP contribution in [0.3, 0.4) is 0 Å². The van der Waals surface area contributed by atoms with Gasteiger partial charge in [0.05, 0.1) is 18.0 Å². The fourth-order valence-electron chi connectivity index (χ4n) is 2.97. The van der Waals surface area contributed by atoms with E-state index in [1.54, 1.807) is 13.4 Å². The number of carbonyl (C=O) groups excluding carboxylic acids is 1. The van der Waals surface area contributed by atoms with Crippen LogP contribution < -0.4 is 10.1 Å². The normalized spacial score (nSPS) is 12.9. The number of rotatable bonds is 9. The molecule has 3 rings (SSSR count). The van der Waals surface area contributed by atoms with Gasteiger partial charge >= 0.3 is 0 Å². The van der Waals surface area contributed by atoms with E-state index in [1.165, 1.54) is 17.3 Å². The Morgan fingerprint density at radius 2 is 1.86 bits per heavy atom. The van der Waals surface area contributed by atoms with E-state index in [0.29, 0.717) is 5.16 Å². The minimum absolute atomic E-state index is 0.00913. The number of hydrogen-bond acceptors (Lipinski definition) is 5. The molecule has 2 atom stereocenters. The van der Waals surface area contributed by atoms with E-state index in [-0.39, 0.29) is 17.2 Å². The van der Waals surface area contributed by atoms with Crippen molar-refractivity contribution in [2.75, 3.05) is 7.11 Å². The highest BCUT2D eigenvalue weighted by Crippen LogP contribution is 2.28. The number of ether oxygens (including phenoxy) is 1. The van der Waals surface area contributed by atoms with Gasteiger partial charge in [-0.05, 0) is 44.4 Å². The van der Waals surface area contributed by atoms with E-state index in [9.17, 15) is 4.79 Å². The highest BCUT2D eigenvalue weighted by molar-refractivity contribution is 8.00. The zero-order valence-corrected chi connectivity index (χ0v) is 17.7. The van der Waals surface area contributed by atoms with E-state index in [2.05, 4.69) is 27.6 Å². The van der Waals surface area contributed by atoms with E-state index >= 15 is 0 Å². The molecule has 0 aliphatic carbocycles. The molecule has 152 valence electrons. The molecule has 29 heavy (non-hydrogen) atoms. The van der Waals surface area contributed by atoms with Crippen molar-refractivity contribution < 1.29 is 9.53 Å². The Bertz CT molecular complexity index is 929. The summed E-state index contributed by atoms with van der Waals surface area (Å²) in [7, 11) is 1.63. The van der Waals surface area contributed by atoms with Crippen molar-refractivity contribution >= 4 is 17.7 Å². The number of aromatic nitrogens is 3. The van der Waals surface area contributed by atoms with Crippen LogP contribution >= 0.6 is 11.8 Å². The predicted molar refractivity (Wildman–Crippen MR) is 116 cm³/mol. The number of benzene rings is 2. The molecule has 1 N–H and O–H groups in total. The molecule has 0 radical (unpaired) electrons. The van der Waals surface area contributed by atoms with Crippen molar-refractivity contribution in [1.82, 2.24) is 20.1 Å². The van der Waals surface area contributed by atoms with Gasteiger partial charge in [0.25, 0.3) is 0 Å². The molecule has 1 aromatic heterocycles. The lowest BCUT2D eigenvalue weighted by Crippen LogP contribution is -2.38. The van der Waals surface area contributed by atoms with Crippen molar-refractivity contribution in [3.05, 3.63) is 66.5 Å². The van der Waals surface area contributed by atoms with Gasteiger partial charge in [-0.15, -0.1) is 10.2 Å². The average molecular weight is 411 g/mol. The fourth-order valence-corrected chi connectivity index (χ4v) is 3.82. The first-order valence-electron chi connectivity index (χ1n) is 9.63. The molecule has 0 spiro atoms. The molecule has 1 heterocycles. The van der Waals surface area contributed by atoms with E-state index < -0.39 is 0 Å². The van der Waals surface area contributed by atoms with Crippen molar-refractivity contribution in [3.63, 3.8) is 0 Å². The van der Waals surface area contributed by atoms with Gasteiger partial charge in [-0.1, -0.05) is 54.2 Å². The molecule has 0 bridgehead atoms. The largest absolute Gasteiger partial charge is 0.495 e. The minimum atomic E-state index is -0.299. The lowest BCUT2D eigenvalue weighted by atomic mass is 10.1. The molecule has 3 aromatic rings. The smallest absolute Gasteiger partial charge is 0.233 e. The van der Waals surface area contributed by atoms with Gasteiger partial charge in [0.1, 0.15) is 12.1 Å². The Kier molecular flexibility index (Phi) is 7.30. The third-order valence-electron chi connectivity index (χ3n) is 4.61. The van der Waals surface area contributed by atoms with Crippen molar-refractivity contribution in [2.24, 2.45) is 0 Å². The molecular formula is C22H26N4O2S. The monoisotopic (exact) mass is 410 g/mol. The topological polar surface area (TPSA) is 69.0 Å². The number of methoxy groups -OCH3 is 1. The Morgan fingerprint density at radius 3 is 2.62 bits per heavy atom. The summed E-state index contributed by atoms with van der Waals surface area (Å²) in [6.07, 6.45) is 3.46. The van der Waals surface area contributed by atoms with Crippen molar-refractivity contribution in [1.29, 1.82) is 0 Å². The molecule has 0 fully saturated rings. The van der Waals surface area contributed by atoms with Gasteiger partial charge in [-0.25, -0.2) is 0 Å². The Hall–Kier alpha value is -2.80. The molecule has 1 amide bonds. The summed E-state index contributed by atoms with van der Waals surface area (Å²) in [5.41, 5.74) is 2.12. The molecule has 0 aliphatic rings. The average Bonchev–Trinajstić information content (AvgIpc) is 3.20. The number of para-hydroxylation sites is 2. The molecule has 2 unspecified atom stereocenters. The second-order valence-electron chi connectivity index (χ2n) is 6.85. The maximum Gasteiger partial charge on any atom is 0.233 e. The first-order chi connectivity index (χ1) is 14.1.